The van der Waals surface area contributed by atoms with Crippen LogP contribution in [-0.2, 0) is 11.3 Å². The van der Waals surface area contributed by atoms with Gasteiger partial charge in [0.25, 0.3) is 0 Å². The maximum Gasteiger partial charge on any atom is 0.137 e. The molecule has 2 atom stereocenters. The van der Waals surface area contributed by atoms with E-state index in [0.29, 0.717) is 11.1 Å². The lowest BCUT2D eigenvalue weighted by Crippen LogP contribution is -2.49. The number of morpholine rings is 1. The predicted molar refractivity (Wildman–Crippen MR) is 72.8 cm³/mol. The van der Waals surface area contributed by atoms with Crippen LogP contribution in [0.15, 0.2) is 22.7 Å². The molecule has 0 bridgehead atoms. The van der Waals surface area contributed by atoms with Crippen LogP contribution in [0.2, 0.25) is 0 Å². The van der Waals surface area contributed by atoms with Crippen molar-refractivity contribution >= 4 is 15.9 Å². The highest BCUT2D eigenvalue weighted by atomic mass is 79.9. The Bertz CT molecular complexity index is 414. The summed E-state index contributed by atoms with van der Waals surface area (Å²) in [6.45, 7) is 5.17. The van der Waals surface area contributed by atoms with Gasteiger partial charge >= 0.3 is 0 Å². The Hall–Kier alpha value is -0.490. The second kappa shape index (κ2) is 6.10. The first kappa shape index (κ1) is 13.9. The van der Waals surface area contributed by atoms with Crippen molar-refractivity contribution in [2.75, 3.05) is 19.7 Å². The minimum Gasteiger partial charge on any atom is -0.374 e. The molecule has 2 N–H and O–H groups in total. The lowest BCUT2D eigenvalue weighted by atomic mass is 10.1. The molecule has 0 saturated carbocycles. The molecule has 1 heterocycles. The van der Waals surface area contributed by atoms with E-state index >= 15 is 0 Å². The molecule has 1 aliphatic rings. The van der Waals surface area contributed by atoms with Crippen molar-refractivity contribution < 1.29 is 9.13 Å². The first-order chi connectivity index (χ1) is 8.56. The number of rotatable bonds is 3. The summed E-state index contributed by atoms with van der Waals surface area (Å²) in [5, 5.41) is 0. The third-order valence-electron chi connectivity index (χ3n) is 3.15. The summed E-state index contributed by atoms with van der Waals surface area (Å²) in [6.07, 6.45) is 0.0858. The maximum atomic E-state index is 13.1. The molecule has 18 heavy (non-hydrogen) atoms. The molecule has 1 saturated heterocycles. The number of hydrogen-bond donors (Lipinski definition) is 1. The third-order valence-corrected chi connectivity index (χ3v) is 3.76. The van der Waals surface area contributed by atoms with Gasteiger partial charge < -0.3 is 10.5 Å². The fraction of sp³-hybridized carbons (Fsp3) is 0.538. The van der Waals surface area contributed by atoms with Gasteiger partial charge in [-0.2, -0.15) is 0 Å². The molecule has 1 aromatic carbocycles. The van der Waals surface area contributed by atoms with Crippen LogP contribution in [0.5, 0.6) is 0 Å². The van der Waals surface area contributed by atoms with Crippen molar-refractivity contribution in [1.82, 2.24) is 4.90 Å². The van der Waals surface area contributed by atoms with Gasteiger partial charge in [-0.1, -0.05) is 6.07 Å². The van der Waals surface area contributed by atoms with E-state index in [1.54, 1.807) is 0 Å². The molecule has 5 heteroatoms. The van der Waals surface area contributed by atoms with Crippen LogP contribution >= 0.6 is 15.9 Å². The monoisotopic (exact) mass is 316 g/mol. The predicted octanol–water partition coefficient (Wildman–Crippen LogP) is 2.14. The molecule has 0 spiro atoms. The fourth-order valence-corrected chi connectivity index (χ4v) is 2.52. The molecular formula is C13H18BrFN2O. The summed E-state index contributed by atoms with van der Waals surface area (Å²) in [4.78, 5) is 2.29. The van der Waals surface area contributed by atoms with E-state index in [9.17, 15) is 4.39 Å². The highest BCUT2D eigenvalue weighted by Gasteiger charge is 2.23. The highest BCUT2D eigenvalue weighted by molar-refractivity contribution is 9.10. The van der Waals surface area contributed by atoms with Crippen molar-refractivity contribution in [3.63, 3.8) is 0 Å². The van der Waals surface area contributed by atoms with Gasteiger partial charge in [-0.3, -0.25) is 4.90 Å². The zero-order valence-corrected chi connectivity index (χ0v) is 12.0. The topological polar surface area (TPSA) is 38.5 Å². The Morgan fingerprint density at radius 2 is 2.39 bits per heavy atom. The number of nitrogens with zero attached hydrogens (tertiary/aromatic N) is 1. The molecule has 1 aliphatic heterocycles. The molecule has 0 radical (unpaired) electrons. The molecule has 1 fully saturated rings. The van der Waals surface area contributed by atoms with Gasteiger partial charge in [-0.25, -0.2) is 4.39 Å². The van der Waals surface area contributed by atoms with Crippen LogP contribution in [-0.4, -0.2) is 36.7 Å². The number of nitrogens with two attached hydrogens (primary N) is 1. The van der Waals surface area contributed by atoms with E-state index in [-0.39, 0.29) is 18.0 Å². The second-order valence-electron chi connectivity index (χ2n) is 4.75. The summed E-state index contributed by atoms with van der Waals surface area (Å²) in [5.74, 6) is -0.228. The molecule has 1 aromatic rings. The Labute approximate surface area is 115 Å². The number of ether oxygens (including phenoxy) is 1. The molecule has 3 nitrogen and oxygen atoms in total. The van der Waals surface area contributed by atoms with Crippen molar-refractivity contribution in [2.24, 2.45) is 5.73 Å². The van der Waals surface area contributed by atoms with Crippen LogP contribution in [0.4, 0.5) is 4.39 Å². The van der Waals surface area contributed by atoms with Crippen molar-refractivity contribution in [3.05, 3.63) is 34.1 Å². The maximum absolute atomic E-state index is 13.1. The second-order valence-corrected chi connectivity index (χ2v) is 5.61. The van der Waals surface area contributed by atoms with E-state index in [0.717, 1.165) is 25.2 Å². The largest absolute Gasteiger partial charge is 0.374 e. The third kappa shape index (κ3) is 3.51. The molecule has 2 unspecified atom stereocenters. The van der Waals surface area contributed by atoms with Crippen LogP contribution in [0.25, 0.3) is 0 Å². The van der Waals surface area contributed by atoms with Crippen molar-refractivity contribution in [3.8, 4) is 0 Å². The van der Waals surface area contributed by atoms with Gasteiger partial charge in [0, 0.05) is 25.7 Å². The van der Waals surface area contributed by atoms with E-state index < -0.39 is 0 Å². The van der Waals surface area contributed by atoms with Gasteiger partial charge in [0.15, 0.2) is 0 Å². The zero-order valence-electron chi connectivity index (χ0n) is 10.4. The summed E-state index contributed by atoms with van der Waals surface area (Å²) >= 11 is 3.21. The average Bonchev–Trinajstić information content (AvgIpc) is 2.34. The Kier molecular flexibility index (Phi) is 4.72. The lowest BCUT2D eigenvalue weighted by molar-refractivity contribution is -0.0403. The Balaban J connectivity index is 1.98. The van der Waals surface area contributed by atoms with E-state index in [4.69, 9.17) is 10.5 Å². The van der Waals surface area contributed by atoms with E-state index in [1.165, 1.54) is 6.07 Å². The normalized spacial score (nSPS) is 23.0. The molecule has 2 rings (SSSR count). The molecule has 100 valence electrons. The highest BCUT2D eigenvalue weighted by Crippen LogP contribution is 2.19. The van der Waals surface area contributed by atoms with Crippen LogP contribution in [0.3, 0.4) is 0 Å². The van der Waals surface area contributed by atoms with Gasteiger partial charge in [0.1, 0.15) is 5.82 Å². The molecule has 0 aromatic heterocycles. The van der Waals surface area contributed by atoms with Crippen LogP contribution in [0, 0.1) is 5.82 Å². The average molecular weight is 317 g/mol. The minimum atomic E-state index is -0.228. The number of benzene rings is 1. The smallest absolute Gasteiger partial charge is 0.137 e. The standard InChI is InChI=1S/C13H18BrFN2O/c1-9(16)13-8-17(4-5-18-13)7-10-2-3-12(15)11(14)6-10/h2-3,6,9,13H,4-5,7-8,16H2,1H3. The molecular weight excluding hydrogens is 299 g/mol. The Morgan fingerprint density at radius 1 is 1.61 bits per heavy atom. The first-order valence-electron chi connectivity index (χ1n) is 6.09. The quantitative estimate of drug-likeness (QED) is 0.928. The van der Waals surface area contributed by atoms with Gasteiger partial charge in [0.2, 0.25) is 0 Å². The number of hydrogen-bond acceptors (Lipinski definition) is 3. The summed E-state index contributed by atoms with van der Waals surface area (Å²) in [5.41, 5.74) is 6.95. The van der Waals surface area contributed by atoms with Gasteiger partial charge in [-0.05, 0) is 40.5 Å². The SMILES string of the molecule is CC(N)C1CN(Cc2ccc(F)c(Br)c2)CCO1. The lowest BCUT2D eigenvalue weighted by Gasteiger charge is -2.34. The van der Waals surface area contributed by atoms with Crippen LogP contribution in [0.1, 0.15) is 12.5 Å². The minimum absolute atomic E-state index is 0.0350. The van der Waals surface area contributed by atoms with Gasteiger partial charge in [0.05, 0.1) is 17.2 Å². The van der Waals surface area contributed by atoms with Crippen molar-refractivity contribution in [2.45, 2.75) is 25.6 Å². The fourth-order valence-electron chi connectivity index (χ4n) is 2.09. The summed E-state index contributed by atoms with van der Waals surface area (Å²) in [7, 11) is 0. The molecule has 0 aliphatic carbocycles. The Morgan fingerprint density at radius 3 is 3.06 bits per heavy atom. The van der Waals surface area contributed by atoms with E-state index in [1.807, 2.05) is 19.1 Å². The zero-order chi connectivity index (χ0) is 13.1. The number of halogens is 2. The van der Waals surface area contributed by atoms with Crippen LogP contribution < -0.4 is 5.73 Å². The van der Waals surface area contributed by atoms with E-state index in [2.05, 4.69) is 20.8 Å². The summed E-state index contributed by atoms with van der Waals surface area (Å²) in [6, 6.07) is 5.16. The van der Waals surface area contributed by atoms with Gasteiger partial charge in [-0.15, -0.1) is 0 Å². The first-order valence-corrected chi connectivity index (χ1v) is 6.89. The molecule has 0 amide bonds. The van der Waals surface area contributed by atoms with Crippen molar-refractivity contribution in [1.29, 1.82) is 0 Å². The summed E-state index contributed by atoms with van der Waals surface area (Å²) < 4.78 is 19.3.